The Kier molecular flexibility index (Phi) is 2.36. The van der Waals surface area contributed by atoms with Crippen molar-refractivity contribution in [1.29, 1.82) is 0 Å². The van der Waals surface area contributed by atoms with Crippen molar-refractivity contribution in [3.63, 3.8) is 0 Å². The molecule has 60 valence electrons. The van der Waals surface area contributed by atoms with Gasteiger partial charge in [-0.1, -0.05) is 12.1 Å². The van der Waals surface area contributed by atoms with E-state index in [0.717, 1.165) is 13.0 Å². The number of aromatic nitrogens is 3. The lowest BCUT2D eigenvalue weighted by molar-refractivity contribution is 0.100. The second kappa shape index (κ2) is 3.27. The average molecular weight is 153 g/mol. The van der Waals surface area contributed by atoms with Gasteiger partial charge in [0.2, 0.25) is 0 Å². The van der Waals surface area contributed by atoms with Gasteiger partial charge in [0.15, 0.2) is 5.78 Å². The molecule has 11 heavy (non-hydrogen) atoms. The van der Waals surface area contributed by atoms with Crippen molar-refractivity contribution in [3.05, 3.63) is 11.9 Å². The normalized spacial score (nSPS) is 10.0. The molecule has 0 saturated carbocycles. The summed E-state index contributed by atoms with van der Waals surface area (Å²) in [6.45, 7) is 4.31. The molecule has 4 nitrogen and oxygen atoms in total. The first kappa shape index (κ1) is 7.91. The number of aryl methyl sites for hydroxylation is 1. The molecule has 1 rings (SSSR count). The number of hydrogen-bond donors (Lipinski definition) is 0. The number of carbonyl (C=O) groups is 1. The van der Waals surface area contributed by atoms with Gasteiger partial charge < -0.3 is 0 Å². The van der Waals surface area contributed by atoms with Crippen LogP contribution in [0.1, 0.15) is 30.8 Å². The first-order valence-corrected chi connectivity index (χ1v) is 3.65. The molecule has 0 aliphatic carbocycles. The molecule has 1 aromatic heterocycles. The van der Waals surface area contributed by atoms with Crippen LogP contribution >= 0.6 is 0 Å². The summed E-state index contributed by atoms with van der Waals surface area (Å²) in [5, 5.41) is 7.43. The molecule has 0 aliphatic heterocycles. The third kappa shape index (κ3) is 1.63. The lowest BCUT2D eigenvalue weighted by Crippen LogP contribution is -2.07. The Morgan fingerprint density at radius 3 is 3.00 bits per heavy atom. The zero-order valence-electron chi connectivity index (χ0n) is 6.74. The van der Waals surface area contributed by atoms with Crippen molar-refractivity contribution in [2.75, 3.05) is 0 Å². The van der Waals surface area contributed by atoms with Crippen molar-refractivity contribution in [3.8, 4) is 0 Å². The second-order valence-electron chi connectivity index (χ2n) is 2.40. The highest BCUT2D eigenvalue weighted by molar-refractivity contribution is 5.91. The Bertz CT molecular complexity index is 254. The quantitative estimate of drug-likeness (QED) is 0.606. The fourth-order valence-electron chi connectivity index (χ4n) is 0.907. The van der Waals surface area contributed by atoms with Gasteiger partial charge in [0.05, 0.1) is 6.20 Å². The van der Waals surface area contributed by atoms with Gasteiger partial charge in [-0.2, -0.15) is 0 Å². The number of carbonyl (C=O) groups excluding carboxylic acids is 1. The third-order valence-corrected chi connectivity index (χ3v) is 1.41. The molecule has 0 fully saturated rings. The molecule has 4 heteroatoms. The molecule has 0 bridgehead atoms. The Morgan fingerprint density at radius 2 is 2.45 bits per heavy atom. The fraction of sp³-hybridized carbons (Fsp3) is 0.571. The first-order chi connectivity index (χ1) is 5.25. The van der Waals surface area contributed by atoms with Crippen molar-refractivity contribution in [2.24, 2.45) is 0 Å². The fourth-order valence-corrected chi connectivity index (χ4v) is 0.907. The molecule has 0 N–H and O–H groups in total. The van der Waals surface area contributed by atoms with Crippen LogP contribution in [0, 0.1) is 0 Å². The second-order valence-corrected chi connectivity index (χ2v) is 2.40. The molecule has 1 heterocycles. The minimum atomic E-state index is 0.0171. The molecule has 0 atom stereocenters. The maximum absolute atomic E-state index is 10.9. The van der Waals surface area contributed by atoms with Crippen LogP contribution < -0.4 is 0 Å². The summed E-state index contributed by atoms with van der Waals surface area (Å²) in [6, 6.07) is 0. The zero-order chi connectivity index (χ0) is 8.27. The lowest BCUT2D eigenvalue weighted by atomic mass is 10.3. The van der Waals surface area contributed by atoms with Crippen LogP contribution in [0.5, 0.6) is 0 Å². The SMILES string of the molecule is CCCn1nncc1C(C)=O. The highest BCUT2D eigenvalue weighted by atomic mass is 16.1. The molecule has 0 saturated heterocycles. The van der Waals surface area contributed by atoms with E-state index in [9.17, 15) is 4.79 Å². The van der Waals surface area contributed by atoms with Crippen molar-refractivity contribution >= 4 is 5.78 Å². The maximum Gasteiger partial charge on any atom is 0.179 e. The third-order valence-electron chi connectivity index (χ3n) is 1.41. The highest BCUT2D eigenvalue weighted by Gasteiger charge is 2.06. The minimum Gasteiger partial charge on any atom is -0.293 e. The van der Waals surface area contributed by atoms with Crippen LogP contribution in [0.2, 0.25) is 0 Å². The number of Topliss-reactive ketones (excluding diaryl/α,β-unsaturated/α-hetero) is 1. The molecule has 0 unspecified atom stereocenters. The van der Waals surface area contributed by atoms with Gasteiger partial charge in [0, 0.05) is 13.5 Å². The van der Waals surface area contributed by atoms with E-state index >= 15 is 0 Å². The van der Waals surface area contributed by atoms with Gasteiger partial charge in [-0.05, 0) is 6.42 Å². The summed E-state index contributed by atoms with van der Waals surface area (Å²) in [5.41, 5.74) is 0.590. The maximum atomic E-state index is 10.9. The molecule has 0 aliphatic rings. The minimum absolute atomic E-state index is 0.0171. The Labute approximate surface area is 65.2 Å². The summed E-state index contributed by atoms with van der Waals surface area (Å²) in [5.74, 6) is 0.0171. The van der Waals surface area contributed by atoms with Gasteiger partial charge in [0.1, 0.15) is 5.69 Å². The molecule has 0 amide bonds. The van der Waals surface area contributed by atoms with E-state index in [0.29, 0.717) is 5.69 Å². The van der Waals surface area contributed by atoms with E-state index in [2.05, 4.69) is 10.3 Å². The summed E-state index contributed by atoms with van der Waals surface area (Å²) in [4.78, 5) is 10.9. The molecule has 0 radical (unpaired) electrons. The largest absolute Gasteiger partial charge is 0.293 e. The topological polar surface area (TPSA) is 47.8 Å². The number of hydrogen-bond acceptors (Lipinski definition) is 3. The molecular weight excluding hydrogens is 142 g/mol. The van der Waals surface area contributed by atoms with Crippen molar-refractivity contribution < 1.29 is 4.79 Å². The average Bonchev–Trinajstić information content (AvgIpc) is 2.36. The van der Waals surface area contributed by atoms with Gasteiger partial charge >= 0.3 is 0 Å². The first-order valence-electron chi connectivity index (χ1n) is 3.65. The monoisotopic (exact) mass is 153 g/mol. The molecule has 1 aromatic rings. The van der Waals surface area contributed by atoms with Gasteiger partial charge in [0.25, 0.3) is 0 Å². The highest BCUT2D eigenvalue weighted by Crippen LogP contribution is 1.97. The van der Waals surface area contributed by atoms with Gasteiger partial charge in [-0.3, -0.25) is 4.79 Å². The van der Waals surface area contributed by atoms with E-state index in [1.54, 1.807) is 4.68 Å². The van der Waals surface area contributed by atoms with E-state index in [-0.39, 0.29) is 5.78 Å². The summed E-state index contributed by atoms with van der Waals surface area (Å²) >= 11 is 0. The predicted molar refractivity (Wildman–Crippen MR) is 40.3 cm³/mol. The van der Waals surface area contributed by atoms with Crippen LogP contribution in [0.4, 0.5) is 0 Å². The Morgan fingerprint density at radius 1 is 1.73 bits per heavy atom. The number of nitrogens with zero attached hydrogens (tertiary/aromatic N) is 3. The Balaban J connectivity index is 2.87. The summed E-state index contributed by atoms with van der Waals surface area (Å²) < 4.78 is 1.63. The molecule has 0 spiro atoms. The number of rotatable bonds is 3. The Hall–Kier alpha value is -1.19. The summed E-state index contributed by atoms with van der Waals surface area (Å²) in [7, 11) is 0. The molecular formula is C7H11N3O. The van der Waals surface area contributed by atoms with Crippen molar-refractivity contribution in [2.45, 2.75) is 26.8 Å². The lowest BCUT2D eigenvalue weighted by Gasteiger charge is -1.98. The zero-order valence-corrected chi connectivity index (χ0v) is 6.74. The van der Waals surface area contributed by atoms with Crippen LogP contribution in [0.3, 0.4) is 0 Å². The van der Waals surface area contributed by atoms with E-state index in [1.807, 2.05) is 6.92 Å². The molecule has 0 aromatic carbocycles. The van der Waals surface area contributed by atoms with E-state index < -0.39 is 0 Å². The van der Waals surface area contributed by atoms with Crippen LogP contribution in [-0.2, 0) is 6.54 Å². The smallest absolute Gasteiger partial charge is 0.179 e. The van der Waals surface area contributed by atoms with Crippen LogP contribution in [-0.4, -0.2) is 20.8 Å². The van der Waals surface area contributed by atoms with E-state index in [1.165, 1.54) is 13.1 Å². The standard InChI is InChI=1S/C7H11N3O/c1-3-4-10-7(6(2)11)5-8-9-10/h5H,3-4H2,1-2H3. The predicted octanol–water partition coefficient (Wildman–Crippen LogP) is 0.891. The number of ketones is 1. The van der Waals surface area contributed by atoms with Crippen LogP contribution in [0.15, 0.2) is 6.20 Å². The van der Waals surface area contributed by atoms with Gasteiger partial charge in [-0.15, -0.1) is 5.10 Å². The van der Waals surface area contributed by atoms with Gasteiger partial charge in [-0.25, -0.2) is 4.68 Å². The van der Waals surface area contributed by atoms with Crippen LogP contribution in [0.25, 0.3) is 0 Å². The van der Waals surface area contributed by atoms with Crippen molar-refractivity contribution in [1.82, 2.24) is 15.0 Å². The summed E-state index contributed by atoms with van der Waals surface area (Å²) in [6.07, 6.45) is 2.46. The van der Waals surface area contributed by atoms with E-state index in [4.69, 9.17) is 0 Å².